The van der Waals surface area contributed by atoms with Crippen LogP contribution in [0.4, 0.5) is 4.39 Å². The average molecular weight is 402 g/mol. The van der Waals surface area contributed by atoms with Crippen LogP contribution in [0.2, 0.25) is 0 Å². The first-order valence-corrected chi connectivity index (χ1v) is 10.6. The molecule has 0 saturated carbocycles. The van der Waals surface area contributed by atoms with Crippen molar-refractivity contribution >= 4 is 22.2 Å². The molecule has 0 saturated heterocycles. The maximum atomic E-state index is 13.2. The lowest BCUT2D eigenvalue weighted by atomic mass is 9.91. The Kier molecular flexibility index (Phi) is 6.18. The largest absolute Gasteiger partial charge is 0.342 e. The van der Waals surface area contributed by atoms with Gasteiger partial charge in [0.15, 0.2) is 4.96 Å². The highest BCUT2D eigenvalue weighted by Gasteiger charge is 2.21. The number of carbonyl (C=O) groups excluding carboxylic acids is 1. The molecule has 0 aliphatic carbocycles. The van der Waals surface area contributed by atoms with Crippen LogP contribution >= 0.6 is 11.3 Å². The summed E-state index contributed by atoms with van der Waals surface area (Å²) in [6.07, 6.45) is 4.30. The second-order valence-electron chi connectivity index (χ2n) is 8.38. The molecule has 2 aromatic heterocycles. The number of hydrogen-bond donors (Lipinski definition) is 0. The van der Waals surface area contributed by atoms with Gasteiger partial charge in [-0.25, -0.2) is 9.37 Å². The Morgan fingerprint density at radius 3 is 2.57 bits per heavy atom. The minimum absolute atomic E-state index is 0.00682. The molecule has 0 spiro atoms. The Balaban J connectivity index is 1.74. The lowest BCUT2D eigenvalue weighted by molar-refractivity contribution is -0.133. The van der Waals surface area contributed by atoms with Crippen molar-refractivity contribution in [3.05, 3.63) is 47.4 Å². The first-order chi connectivity index (χ1) is 13.3. The number of hydrogen-bond acceptors (Lipinski definition) is 3. The molecule has 4 nitrogen and oxygen atoms in total. The fraction of sp³-hybridized carbons (Fsp3) is 0.455. The van der Waals surface area contributed by atoms with Crippen LogP contribution in [0.3, 0.4) is 0 Å². The van der Waals surface area contributed by atoms with Crippen molar-refractivity contribution in [2.45, 2.75) is 47.0 Å². The molecule has 0 bridgehead atoms. The Morgan fingerprint density at radius 2 is 1.93 bits per heavy atom. The van der Waals surface area contributed by atoms with Gasteiger partial charge in [-0.3, -0.25) is 9.20 Å². The zero-order valence-corrected chi connectivity index (χ0v) is 17.9. The maximum absolute atomic E-state index is 13.2. The van der Waals surface area contributed by atoms with Gasteiger partial charge in [0, 0.05) is 48.8 Å². The molecule has 0 aliphatic rings. The molecule has 3 aromatic rings. The summed E-state index contributed by atoms with van der Waals surface area (Å²) < 4.78 is 15.2. The quantitative estimate of drug-likeness (QED) is 0.530. The predicted octanol–water partition coefficient (Wildman–Crippen LogP) is 5.42. The molecule has 6 heteroatoms. The molecule has 2 heterocycles. The van der Waals surface area contributed by atoms with E-state index >= 15 is 0 Å². The molecule has 28 heavy (non-hydrogen) atoms. The summed E-state index contributed by atoms with van der Waals surface area (Å²) in [5.41, 5.74) is 2.87. The van der Waals surface area contributed by atoms with Gasteiger partial charge in [-0.2, -0.15) is 0 Å². The van der Waals surface area contributed by atoms with E-state index in [-0.39, 0.29) is 17.1 Å². The summed E-state index contributed by atoms with van der Waals surface area (Å²) in [4.78, 5) is 20.2. The predicted molar refractivity (Wildman–Crippen MR) is 113 cm³/mol. The molecule has 1 aromatic carbocycles. The first-order valence-electron chi connectivity index (χ1n) is 9.76. The summed E-state index contributed by atoms with van der Waals surface area (Å²) in [6.45, 7) is 9.89. The molecular weight excluding hydrogens is 373 g/mol. The van der Waals surface area contributed by atoms with E-state index < -0.39 is 0 Å². The molecule has 0 atom stereocenters. The third kappa shape index (κ3) is 4.98. The molecule has 0 radical (unpaired) electrons. The summed E-state index contributed by atoms with van der Waals surface area (Å²) in [7, 11) is 0. The maximum Gasteiger partial charge on any atom is 0.223 e. The fourth-order valence-corrected chi connectivity index (χ4v) is 4.12. The number of aromatic nitrogens is 2. The van der Waals surface area contributed by atoms with E-state index in [1.165, 1.54) is 12.1 Å². The molecule has 0 N–H and O–H groups in total. The van der Waals surface area contributed by atoms with E-state index in [4.69, 9.17) is 0 Å². The van der Waals surface area contributed by atoms with Gasteiger partial charge in [-0.1, -0.05) is 27.7 Å². The first kappa shape index (κ1) is 20.5. The number of amides is 1. The van der Waals surface area contributed by atoms with Crippen molar-refractivity contribution in [2.75, 3.05) is 13.1 Å². The third-order valence-corrected chi connectivity index (χ3v) is 5.48. The Hall–Kier alpha value is -2.21. The minimum atomic E-state index is -0.249. The van der Waals surface area contributed by atoms with Gasteiger partial charge in [0.2, 0.25) is 5.91 Å². The number of carbonyl (C=O) groups is 1. The zero-order chi connectivity index (χ0) is 20.3. The standard InChI is InChI=1S/C22H28FN3OS/c1-5-11-25(20(27)13-22(2,3)4)12-10-18-15-28-21-24-19(14-26(18)21)16-6-8-17(23)9-7-16/h6-9,14-15H,5,10-13H2,1-4H3. The van der Waals surface area contributed by atoms with Crippen LogP contribution in [0.25, 0.3) is 16.2 Å². The van der Waals surface area contributed by atoms with E-state index in [0.29, 0.717) is 13.0 Å². The second-order valence-corrected chi connectivity index (χ2v) is 9.22. The number of thiazole rings is 1. The van der Waals surface area contributed by atoms with Crippen LogP contribution in [-0.2, 0) is 11.2 Å². The number of nitrogens with zero attached hydrogens (tertiary/aromatic N) is 3. The van der Waals surface area contributed by atoms with E-state index in [2.05, 4.69) is 42.5 Å². The smallest absolute Gasteiger partial charge is 0.223 e. The highest BCUT2D eigenvalue weighted by atomic mass is 32.1. The lowest BCUT2D eigenvalue weighted by Crippen LogP contribution is -2.35. The van der Waals surface area contributed by atoms with Gasteiger partial charge >= 0.3 is 0 Å². The fourth-order valence-electron chi connectivity index (χ4n) is 3.21. The number of fused-ring (bicyclic) bond motifs is 1. The number of rotatable bonds is 7. The normalized spacial score (nSPS) is 11.9. The van der Waals surface area contributed by atoms with Gasteiger partial charge in [0.05, 0.1) is 5.69 Å². The zero-order valence-electron chi connectivity index (χ0n) is 17.0. The Bertz CT molecular complexity index is 937. The van der Waals surface area contributed by atoms with Crippen LogP contribution in [0, 0.1) is 11.2 Å². The Morgan fingerprint density at radius 1 is 1.21 bits per heavy atom. The molecule has 1 amide bonds. The van der Waals surface area contributed by atoms with Crippen molar-refractivity contribution in [1.82, 2.24) is 14.3 Å². The highest BCUT2D eigenvalue weighted by molar-refractivity contribution is 7.15. The summed E-state index contributed by atoms with van der Waals surface area (Å²) in [5, 5.41) is 2.11. The van der Waals surface area contributed by atoms with Gasteiger partial charge in [-0.15, -0.1) is 11.3 Å². The summed E-state index contributed by atoms with van der Waals surface area (Å²) >= 11 is 1.59. The van der Waals surface area contributed by atoms with Crippen LogP contribution in [-0.4, -0.2) is 33.3 Å². The van der Waals surface area contributed by atoms with Crippen molar-refractivity contribution in [2.24, 2.45) is 5.41 Å². The topological polar surface area (TPSA) is 37.6 Å². The molecular formula is C22H28FN3OS. The van der Waals surface area contributed by atoms with E-state index in [9.17, 15) is 9.18 Å². The molecule has 0 aliphatic heterocycles. The van der Waals surface area contributed by atoms with Crippen molar-refractivity contribution in [3.8, 4) is 11.3 Å². The van der Waals surface area contributed by atoms with Crippen molar-refractivity contribution < 1.29 is 9.18 Å². The third-order valence-electron chi connectivity index (χ3n) is 4.59. The second kappa shape index (κ2) is 8.43. The minimum Gasteiger partial charge on any atom is -0.342 e. The SMILES string of the molecule is CCCN(CCc1csc2nc(-c3ccc(F)cc3)cn12)C(=O)CC(C)(C)C. The summed E-state index contributed by atoms with van der Waals surface area (Å²) in [5.74, 6) is -0.0279. The molecule has 150 valence electrons. The van der Waals surface area contributed by atoms with Crippen LogP contribution < -0.4 is 0 Å². The van der Waals surface area contributed by atoms with Crippen LogP contribution in [0.5, 0.6) is 0 Å². The number of halogens is 1. The molecule has 3 rings (SSSR count). The van der Waals surface area contributed by atoms with Gasteiger partial charge in [0.25, 0.3) is 0 Å². The Labute approximate surface area is 170 Å². The lowest BCUT2D eigenvalue weighted by Gasteiger charge is -2.26. The van der Waals surface area contributed by atoms with Crippen molar-refractivity contribution in [3.63, 3.8) is 0 Å². The number of imidazole rings is 1. The van der Waals surface area contributed by atoms with E-state index in [1.807, 2.05) is 11.1 Å². The van der Waals surface area contributed by atoms with Crippen LogP contribution in [0.15, 0.2) is 35.8 Å². The summed E-state index contributed by atoms with van der Waals surface area (Å²) in [6, 6.07) is 6.39. The van der Waals surface area contributed by atoms with Crippen LogP contribution in [0.1, 0.15) is 46.2 Å². The number of benzene rings is 1. The average Bonchev–Trinajstić information content (AvgIpc) is 3.19. The van der Waals surface area contributed by atoms with Gasteiger partial charge in [0.1, 0.15) is 5.82 Å². The monoisotopic (exact) mass is 401 g/mol. The van der Waals surface area contributed by atoms with E-state index in [1.54, 1.807) is 23.5 Å². The highest BCUT2D eigenvalue weighted by Crippen LogP contribution is 2.25. The van der Waals surface area contributed by atoms with E-state index in [0.717, 1.165) is 41.3 Å². The van der Waals surface area contributed by atoms with Crippen molar-refractivity contribution in [1.29, 1.82) is 0 Å². The van der Waals surface area contributed by atoms with Gasteiger partial charge in [-0.05, 0) is 36.1 Å². The molecule has 0 unspecified atom stereocenters. The van der Waals surface area contributed by atoms with Gasteiger partial charge < -0.3 is 4.90 Å². The molecule has 0 fully saturated rings.